The molecule has 6 nitrogen and oxygen atoms in total. The van der Waals surface area contributed by atoms with Crippen LogP contribution in [0.4, 0.5) is 17.6 Å². The molecular weight excluding hydrogens is 428 g/mol. The van der Waals surface area contributed by atoms with Crippen LogP contribution in [0.25, 0.3) is 11.1 Å². The smallest absolute Gasteiger partial charge is 0.417 e. The summed E-state index contributed by atoms with van der Waals surface area (Å²) in [6, 6.07) is 6.93. The molecule has 170 valence electrons. The summed E-state index contributed by atoms with van der Waals surface area (Å²) in [6.07, 6.45) is -0.731. The standard InChI is InChI=1S/C22H22F4N4O2/c1-4-30(14(2)13-32-20-19(23)9-16(11-27-20)22(24,25)26)21(31)18-8-6-5-7-17(18)15-10-28-29(3)12-15/h5-12,14H,4,13H2,1-3H3. The van der Waals surface area contributed by atoms with E-state index < -0.39 is 29.5 Å². The van der Waals surface area contributed by atoms with Gasteiger partial charge in [-0.2, -0.15) is 18.3 Å². The minimum absolute atomic E-state index is 0.149. The molecule has 1 amide bonds. The van der Waals surface area contributed by atoms with Crippen molar-refractivity contribution in [2.45, 2.75) is 26.1 Å². The second-order valence-electron chi connectivity index (χ2n) is 7.21. The zero-order chi connectivity index (χ0) is 23.5. The van der Waals surface area contributed by atoms with Crippen LogP contribution in [0.2, 0.25) is 0 Å². The molecule has 1 atom stereocenters. The van der Waals surface area contributed by atoms with Crippen molar-refractivity contribution in [2.75, 3.05) is 13.2 Å². The first-order valence-electron chi connectivity index (χ1n) is 9.86. The molecule has 0 aliphatic heterocycles. The summed E-state index contributed by atoms with van der Waals surface area (Å²) in [4.78, 5) is 18.2. The highest BCUT2D eigenvalue weighted by molar-refractivity contribution is 6.00. The molecule has 0 bridgehead atoms. The summed E-state index contributed by atoms with van der Waals surface area (Å²) >= 11 is 0. The molecule has 0 radical (unpaired) electrons. The average molecular weight is 450 g/mol. The average Bonchev–Trinajstić information content (AvgIpc) is 3.18. The Hall–Kier alpha value is -3.43. The Bertz CT molecular complexity index is 1100. The van der Waals surface area contributed by atoms with Gasteiger partial charge in [-0.05, 0) is 31.5 Å². The number of rotatable bonds is 7. The number of likely N-dealkylation sites (N-methyl/N-ethyl adjacent to an activating group) is 1. The van der Waals surface area contributed by atoms with Gasteiger partial charge in [-0.15, -0.1) is 0 Å². The molecule has 0 saturated carbocycles. The minimum atomic E-state index is -4.70. The first-order chi connectivity index (χ1) is 15.1. The molecule has 1 unspecified atom stereocenters. The highest BCUT2D eigenvalue weighted by Gasteiger charge is 2.32. The van der Waals surface area contributed by atoms with Crippen LogP contribution >= 0.6 is 0 Å². The van der Waals surface area contributed by atoms with E-state index in [4.69, 9.17) is 4.74 Å². The molecule has 2 heterocycles. The Balaban J connectivity index is 1.76. The van der Waals surface area contributed by atoms with Crippen molar-refractivity contribution in [3.8, 4) is 17.0 Å². The van der Waals surface area contributed by atoms with Gasteiger partial charge in [0.05, 0.1) is 17.8 Å². The molecule has 3 aromatic rings. The fourth-order valence-corrected chi connectivity index (χ4v) is 3.27. The Labute approximate surface area is 182 Å². The number of pyridine rings is 1. The molecule has 0 aliphatic carbocycles. The maximum atomic E-state index is 14.0. The van der Waals surface area contributed by atoms with Crippen LogP contribution in [-0.4, -0.2) is 44.8 Å². The van der Waals surface area contributed by atoms with Crippen LogP contribution in [0.1, 0.15) is 29.8 Å². The van der Waals surface area contributed by atoms with Gasteiger partial charge in [0, 0.05) is 37.1 Å². The van der Waals surface area contributed by atoms with E-state index in [0.717, 1.165) is 5.56 Å². The number of carbonyl (C=O) groups excluding carboxylic acids is 1. The lowest BCUT2D eigenvalue weighted by atomic mass is 10.0. The van der Waals surface area contributed by atoms with Crippen LogP contribution in [-0.2, 0) is 13.2 Å². The highest BCUT2D eigenvalue weighted by Crippen LogP contribution is 2.31. The lowest BCUT2D eigenvalue weighted by Crippen LogP contribution is -2.42. The topological polar surface area (TPSA) is 60.2 Å². The third-order valence-corrected chi connectivity index (χ3v) is 4.90. The second-order valence-corrected chi connectivity index (χ2v) is 7.21. The fraction of sp³-hybridized carbons (Fsp3) is 0.318. The summed E-state index contributed by atoms with van der Waals surface area (Å²) in [7, 11) is 1.78. The van der Waals surface area contributed by atoms with E-state index in [-0.39, 0.29) is 12.5 Å². The van der Waals surface area contributed by atoms with Crippen LogP contribution < -0.4 is 4.74 Å². The molecule has 0 aliphatic rings. The molecule has 0 saturated heterocycles. The third kappa shape index (κ3) is 5.06. The molecule has 32 heavy (non-hydrogen) atoms. The predicted octanol–water partition coefficient (Wildman–Crippen LogP) is 4.57. The Kier molecular flexibility index (Phi) is 6.81. The van der Waals surface area contributed by atoms with Crippen LogP contribution in [0.15, 0.2) is 48.9 Å². The normalized spacial score (nSPS) is 12.5. The Morgan fingerprint density at radius 2 is 1.97 bits per heavy atom. The van der Waals surface area contributed by atoms with Gasteiger partial charge in [-0.25, -0.2) is 9.37 Å². The summed E-state index contributed by atoms with van der Waals surface area (Å²) in [5.74, 6) is -2.03. The van der Waals surface area contributed by atoms with Crippen LogP contribution in [0.5, 0.6) is 5.88 Å². The Morgan fingerprint density at radius 3 is 2.56 bits per heavy atom. The first-order valence-corrected chi connectivity index (χ1v) is 9.86. The molecule has 1 aromatic carbocycles. The molecular formula is C22H22F4N4O2. The number of amides is 1. The zero-order valence-corrected chi connectivity index (χ0v) is 17.7. The van der Waals surface area contributed by atoms with E-state index in [9.17, 15) is 22.4 Å². The van der Waals surface area contributed by atoms with E-state index in [1.807, 2.05) is 12.1 Å². The van der Waals surface area contributed by atoms with Gasteiger partial charge < -0.3 is 9.64 Å². The molecule has 10 heteroatoms. The van der Waals surface area contributed by atoms with Crippen molar-refractivity contribution in [2.24, 2.45) is 7.05 Å². The monoisotopic (exact) mass is 450 g/mol. The van der Waals surface area contributed by atoms with Gasteiger partial charge in [0.2, 0.25) is 5.88 Å². The van der Waals surface area contributed by atoms with Crippen molar-refractivity contribution >= 4 is 5.91 Å². The van der Waals surface area contributed by atoms with E-state index in [2.05, 4.69) is 10.1 Å². The number of nitrogens with zero attached hydrogens (tertiary/aromatic N) is 4. The van der Waals surface area contributed by atoms with Gasteiger partial charge in [-0.3, -0.25) is 9.48 Å². The number of aromatic nitrogens is 3. The third-order valence-electron chi connectivity index (χ3n) is 4.90. The largest absolute Gasteiger partial charge is 0.473 e. The number of halogens is 4. The maximum absolute atomic E-state index is 14.0. The summed E-state index contributed by atoms with van der Waals surface area (Å²) in [6.45, 7) is 3.69. The number of aryl methyl sites for hydroxylation is 1. The fourth-order valence-electron chi connectivity index (χ4n) is 3.27. The lowest BCUT2D eigenvalue weighted by Gasteiger charge is -2.28. The van der Waals surface area contributed by atoms with Gasteiger partial charge in [0.1, 0.15) is 6.61 Å². The first kappa shape index (κ1) is 23.2. The van der Waals surface area contributed by atoms with Crippen molar-refractivity contribution in [3.63, 3.8) is 0 Å². The van der Waals surface area contributed by atoms with E-state index >= 15 is 0 Å². The van der Waals surface area contributed by atoms with Crippen LogP contribution in [0.3, 0.4) is 0 Å². The lowest BCUT2D eigenvalue weighted by molar-refractivity contribution is -0.138. The summed E-state index contributed by atoms with van der Waals surface area (Å²) in [5.41, 5.74) is 0.765. The number of hydrogen-bond acceptors (Lipinski definition) is 4. The maximum Gasteiger partial charge on any atom is 0.417 e. The summed E-state index contributed by atoms with van der Waals surface area (Å²) in [5, 5.41) is 4.15. The van der Waals surface area contributed by atoms with E-state index in [1.165, 1.54) is 4.90 Å². The summed E-state index contributed by atoms with van der Waals surface area (Å²) < 4.78 is 59.0. The number of ether oxygens (including phenoxy) is 1. The van der Waals surface area contributed by atoms with Crippen molar-refractivity contribution in [1.29, 1.82) is 0 Å². The number of benzene rings is 1. The second kappa shape index (κ2) is 9.37. The van der Waals surface area contributed by atoms with Crippen molar-refractivity contribution in [1.82, 2.24) is 19.7 Å². The van der Waals surface area contributed by atoms with Crippen molar-refractivity contribution < 1.29 is 27.1 Å². The van der Waals surface area contributed by atoms with Gasteiger partial charge in [0.25, 0.3) is 5.91 Å². The molecule has 2 aromatic heterocycles. The van der Waals surface area contributed by atoms with Gasteiger partial charge in [-0.1, -0.05) is 18.2 Å². The van der Waals surface area contributed by atoms with E-state index in [1.54, 1.807) is 50.1 Å². The molecule has 3 rings (SSSR count). The molecule has 0 fully saturated rings. The van der Waals surface area contributed by atoms with Gasteiger partial charge in [0.15, 0.2) is 5.82 Å². The molecule has 0 spiro atoms. The quantitative estimate of drug-likeness (QED) is 0.495. The molecule has 0 N–H and O–H groups in total. The van der Waals surface area contributed by atoms with Crippen LogP contribution in [0, 0.1) is 5.82 Å². The SMILES string of the molecule is CCN(C(=O)c1ccccc1-c1cnn(C)c1)C(C)COc1ncc(C(F)(F)F)cc1F. The predicted molar refractivity (Wildman–Crippen MR) is 110 cm³/mol. The number of carbonyl (C=O) groups is 1. The number of hydrogen-bond donors (Lipinski definition) is 0. The van der Waals surface area contributed by atoms with E-state index in [0.29, 0.717) is 29.9 Å². The Morgan fingerprint density at radius 1 is 1.25 bits per heavy atom. The van der Waals surface area contributed by atoms with Crippen molar-refractivity contribution in [3.05, 3.63) is 65.9 Å². The minimum Gasteiger partial charge on any atom is -0.473 e. The highest BCUT2D eigenvalue weighted by atomic mass is 19.4. The number of alkyl halides is 3. The zero-order valence-electron chi connectivity index (χ0n) is 17.7. The van der Waals surface area contributed by atoms with Gasteiger partial charge >= 0.3 is 6.18 Å².